The van der Waals surface area contributed by atoms with Crippen LogP contribution >= 0.6 is 0 Å². The second-order valence-corrected chi connectivity index (χ2v) is 13.4. The van der Waals surface area contributed by atoms with Crippen LogP contribution in [-0.4, -0.2) is 67.0 Å². The van der Waals surface area contributed by atoms with E-state index in [1.165, 1.54) is 0 Å². The number of carbonyl (C=O) groups excluding carboxylic acids is 4. The Hall–Kier alpha value is -4.66. The van der Waals surface area contributed by atoms with Gasteiger partial charge in [-0.3, -0.25) is 14.4 Å². The summed E-state index contributed by atoms with van der Waals surface area (Å²) in [5.41, 5.74) is 1.84. The zero-order valence-electron chi connectivity index (χ0n) is 29.1. The summed E-state index contributed by atoms with van der Waals surface area (Å²) in [4.78, 5) is 56.9. The number of nitrogens with one attached hydrogen (secondary N) is 2. The van der Waals surface area contributed by atoms with Gasteiger partial charge in [-0.2, -0.15) is 0 Å². The first-order chi connectivity index (χ1) is 23.7. The number of ether oxygens (including phenoxy) is 2. The molecule has 9 heteroatoms. The number of carbonyl (C=O) groups is 4. The van der Waals surface area contributed by atoms with Gasteiger partial charge in [-0.15, -0.1) is 0 Å². The molecule has 3 amide bonds. The van der Waals surface area contributed by atoms with Crippen LogP contribution < -0.4 is 15.4 Å². The molecule has 260 valence electrons. The summed E-state index contributed by atoms with van der Waals surface area (Å²) in [6.45, 7) is 6.70. The fourth-order valence-electron chi connectivity index (χ4n) is 7.30. The smallest absolute Gasteiger partial charge is 0.328 e. The molecule has 2 N–H and O–H groups in total. The van der Waals surface area contributed by atoms with E-state index in [9.17, 15) is 19.2 Å². The van der Waals surface area contributed by atoms with E-state index in [2.05, 4.69) is 10.6 Å². The first kappa shape index (κ1) is 35.6. The molecule has 5 rings (SSSR count). The molecule has 1 unspecified atom stereocenters. The highest BCUT2D eigenvalue weighted by atomic mass is 16.5. The van der Waals surface area contributed by atoms with Crippen molar-refractivity contribution in [3.63, 3.8) is 0 Å². The Morgan fingerprint density at radius 1 is 0.898 bits per heavy atom. The minimum Gasteiger partial charge on any atom is -0.496 e. The number of likely N-dealkylation sites (tertiary alicyclic amines) is 1. The average Bonchev–Trinajstić information content (AvgIpc) is 3.12. The third-order valence-corrected chi connectivity index (χ3v) is 9.84. The van der Waals surface area contributed by atoms with Crippen LogP contribution in [0.25, 0.3) is 0 Å². The maximum atomic E-state index is 14.6. The van der Waals surface area contributed by atoms with Crippen LogP contribution in [-0.2, 0) is 24.5 Å². The summed E-state index contributed by atoms with van der Waals surface area (Å²) in [5, 5.41) is 6.22. The lowest BCUT2D eigenvalue weighted by molar-refractivity contribution is -0.152. The predicted octanol–water partition coefficient (Wildman–Crippen LogP) is 5.91. The molecule has 0 saturated carbocycles. The van der Waals surface area contributed by atoms with Gasteiger partial charge in [0, 0.05) is 19.1 Å². The van der Waals surface area contributed by atoms with Crippen molar-refractivity contribution < 1.29 is 28.7 Å². The highest BCUT2D eigenvalue weighted by Crippen LogP contribution is 2.48. The van der Waals surface area contributed by atoms with Crippen LogP contribution in [0.3, 0.4) is 0 Å². The molecule has 0 bridgehead atoms. The van der Waals surface area contributed by atoms with E-state index in [1.54, 1.807) is 33.1 Å². The van der Waals surface area contributed by atoms with Gasteiger partial charge in [0.05, 0.1) is 30.1 Å². The number of rotatable bonds is 12. The Bertz CT molecular complexity index is 1620. The maximum Gasteiger partial charge on any atom is 0.328 e. The molecule has 1 heterocycles. The molecule has 1 fully saturated rings. The normalized spacial score (nSPS) is 19.8. The first-order valence-electron chi connectivity index (χ1n) is 17.6. The Labute approximate surface area is 289 Å². The molecule has 0 radical (unpaired) electrons. The van der Waals surface area contributed by atoms with Crippen LogP contribution in [0.15, 0.2) is 78.9 Å². The number of piperidine rings is 1. The molecule has 1 aliphatic carbocycles. The number of esters is 1. The third kappa shape index (κ3) is 7.82. The Kier molecular flexibility index (Phi) is 11.8. The quantitative estimate of drug-likeness (QED) is 0.233. The molecule has 3 aromatic rings. The first-order valence-corrected chi connectivity index (χ1v) is 17.6. The van der Waals surface area contributed by atoms with Crippen molar-refractivity contribution >= 4 is 23.7 Å². The van der Waals surface area contributed by atoms with Gasteiger partial charge in [0.1, 0.15) is 11.8 Å². The summed E-state index contributed by atoms with van der Waals surface area (Å²) in [6, 6.07) is 23.7. The fraction of sp³-hybridized carbons (Fsp3) is 0.450. The van der Waals surface area contributed by atoms with E-state index in [-0.39, 0.29) is 29.9 Å². The molecular formula is C40H49N3O6. The van der Waals surface area contributed by atoms with Crippen LogP contribution in [0, 0.1) is 0 Å². The zero-order chi connectivity index (χ0) is 35.0. The second-order valence-electron chi connectivity index (χ2n) is 13.4. The number of unbranched alkanes of at least 4 members (excludes halogenated alkanes) is 1. The van der Waals surface area contributed by atoms with Gasteiger partial charge in [-0.1, -0.05) is 86.5 Å². The number of fused-ring (bicyclic) bond motifs is 1. The van der Waals surface area contributed by atoms with E-state index in [0.29, 0.717) is 56.5 Å². The lowest BCUT2D eigenvalue weighted by atomic mass is 9.62. The Morgan fingerprint density at radius 2 is 1.57 bits per heavy atom. The van der Waals surface area contributed by atoms with Crippen LogP contribution in [0.2, 0.25) is 0 Å². The van der Waals surface area contributed by atoms with E-state index in [0.717, 1.165) is 29.5 Å². The standard InChI is InChI=1S/C40H49N3O6/c1-5-6-19-34(38(46)49-27(2)3)42-39(47)40(28-14-8-7-9-15-28)24-21-31(30-16-10-12-18-33(30)40)37(45)43-25-22-29(23-26-43)41-36(44)32-17-11-13-20-35(32)48-4/h7-18,20,27,29,31,34H,5-6,19,21-26H2,1-4H3,(H,41,44)(H,42,47)/t31-,34?,40+/m0/s1. The van der Waals surface area contributed by atoms with E-state index >= 15 is 0 Å². The number of amides is 3. The molecule has 1 aliphatic heterocycles. The monoisotopic (exact) mass is 667 g/mol. The van der Waals surface area contributed by atoms with Gasteiger partial charge in [0.25, 0.3) is 5.91 Å². The number of benzene rings is 3. The number of nitrogens with zero attached hydrogens (tertiary/aromatic N) is 1. The van der Waals surface area contributed by atoms with Crippen molar-refractivity contribution in [1.82, 2.24) is 15.5 Å². The van der Waals surface area contributed by atoms with E-state index < -0.39 is 23.3 Å². The van der Waals surface area contributed by atoms with E-state index in [4.69, 9.17) is 9.47 Å². The minimum absolute atomic E-state index is 0.0327. The molecular weight excluding hydrogens is 618 g/mol. The molecule has 0 aromatic heterocycles. The highest BCUT2D eigenvalue weighted by Gasteiger charge is 2.49. The lowest BCUT2D eigenvalue weighted by Crippen LogP contribution is -2.54. The predicted molar refractivity (Wildman–Crippen MR) is 188 cm³/mol. The molecule has 0 spiro atoms. The lowest BCUT2D eigenvalue weighted by Gasteiger charge is -2.43. The molecule has 3 aromatic carbocycles. The van der Waals surface area contributed by atoms with Crippen molar-refractivity contribution in [1.29, 1.82) is 0 Å². The maximum absolute atomic E-state index is 14.6. The van der Waals surface area contributed by atoms with Gasteiger partial charge in [0.2, 0.25) is 11.8 Å². The summed E-state index contributed by atoms with van der Waals surface area (Å²) < 4.78 is 10.9. The van der Waals surface area contributed by atoms with E-state index in [1.807, 2.05) is 78.6 Å². The summed E-state index contributed by atoms with van der Waals surface area (Å²) in [5.74, 6) is -0.734. The zero-order valence-corrected chi connectivity index (χ0v) is 29.1. The molecule has 3 atom stereocenters. The topological polar surface area (TPSA) is 114 Å². The largest absolute Gasteiger partial charge is 0.496 e. The molecule has 9 nitrogen and oxygen atoms in total. The van der Waals surface area contributed by atoms with Crippen molar-refractivity contribution in [2.24, 2.45) is 0 Å². The van der Waals surface area contributed by atoms with Crippen molar-refractivity contribution in [3.8, 4) is 5.75 Å². The van der Waals surface area contributed by atoms with Crippen molar-refractivity contribution in [2.45, 2.75) is 95.2 Å². The summed E-state index contributed by atoms with van der Waals surface area (Å²) in [7, 11) is 1.55. The van der Waals surface area contributed by atoms with Gasteiger partial charge in [0.15, 0.2) is 0 Å². The van der Waals surface area contributed by atoms with Crippen LogP contribution in [0.1, 0.15) is 98.7 Å². The number of hydrogen-bond donors (Lipinski definition) is 2. The number of hydrogen-bond acceptors (Lipinski definition) is 6. The third-order valence-electron chi connectivity index (χ3n) is 9.84. The molecule has 1 saturated heterocycles. The van der Waals surface area contributed by atoms with Crippen LogP contribution in [0.5, 0.6) is 5.75 Å². The van der Waals surface area contributed by atoms with Crippen molar-refractivity contribution in [3.05, 3.63) is 101 Å². The minimum atomic E-state index is -1.09. The highest BCUT2D eigenvalue weighted by molar-refractivity contribution is 5.98. The number of para-hydroxylation sites is 1. The fourth-order valence-corrected chi connectivity index (χ4v) is 7.30. The average molecular weight is 668 g/mol. The number of methoxy groups -OCH3 is 1. The molecule has 2 aliphatic rings. The Balaban J connectivity index is 1.36. The summed E-state index contributed by atoms with van der Waals surface area (Å²) in [6.07, 6.45) is 3.99. The van der Waals surface area contributed by atoms with Gasteiger partial charge >= 0.3 is 5.97 Å². The second kappa shape index (κ2) is 16.2. The van der Waals surface area contributed by atoms with Crippen molar-refractivity contribution in [2.75, 3.05) is 20.2 Å². The van der Waals surface area contributed by atoms with Crippen LogP contribution in [0.4, 0.5) is 0 Å². The van der Waals surface area contributed by atoms with Gasteiger partial charge in [-0.25, -0.2) is 4.79 Å². The molecule has 49 heavy (non-hydrogen) atoms. The van der Waals surface area contributed by atoms with Gasteiger partial charge in [-0.05, 0) is 74.8 Å². The Morgan fingerprint density at radius 3 is 2.27 bits per heavy atom. The summed E-state index contributed by atoms with van der Waals surface area (Å²) >= 11 is 0. The van der Waals surface area contributed by atoms with Gasteiger partial charge < -0.3 is 25.0 Å². The SMILES string of the molecule is CCCCC(NC(=O)[C@@]1(c2ccccc2)CC[C@H](C(=O)N2CCC(NC(=O)c3ccccc3OC)CC2)c2ccccc21)C(=O)OC(C)C.